The maximum Gasteiger partial charge on any atom is 0.263 e. The Hall–Kier alpha value is -1.93. The fourth-order valence-electron chi connectivity index (χ4n) is 3.60. The molecule has 2 aliphatic rings. The zero-order chi connectivity index (χ0) is 19.3. The first kappa shape index (κ1) is 19.8. The van der Waals surface area contributed by atoms with Crippen LogP contribution in [0, 0.1) is 5.92 Å². The molecule has 0 bridgehead atoms. The van der Waals surface area contributed by atoms with Gasteiger partial charge >= 0.3 is 0 Å². The van der Waals surface area contributed by atoms with Crippen LogP contribution >= 0.6 is 0 Å². The number of aliphatic imine (C=N–C) groups is 1. The quantitative estimate of drug-likeness (QED) is 0.583. The van der Waals surface area contributed by atoms with E-state index in [4.69, 9.17) is 0 Å². The molecule has 1 amide bonds. The standard InChI is InChI=1S/C19H27N3O4S/c23-15-10-9-14(12-15)13-21-18(24)8-2-1-5-11-20-19-16-6-3-4-7-17(16)27(25,26)22-19/h3-4,6-7,14-15,23H,1-2,5,8-13H2,(H,20,22)(H,21,24)/t14-,15+/m1/s1. The number of hydrogen-bond donors (Lipinski definition) is 3. The van der Waals surface area contributed by atoms with Crippen LogP contribution in [0.5, 0.6) is 0 Å². The minimum absolute atomic E-state index is 0.0557. The van der Waals surface area contributed by atoms with Crippen molar-refractivity contribution in [1.29, 1.82) is 0 Å². The van der Waals surface area contributed by atoms with Gasteiger partial charge in [0.15, 0.2) is 0 Å². The molecule has 0 saturated heterocycles. The van der Waals surface area contributed by atoms with E-state index < -0.39 is 10.0 Å². The van der Waals surface area contributed by atoms with Crippen LogP contribution in [0.2, 0.25) is 0 Å². The number of sulfonamides is 1. The molecule has 0 aromatic heterocycles. The van der Waals surface area contributed by atoms with Crippen LogP contribution < -0.4 is 10.0 Å². The van der Waals surface area contributed by atoms with E-state index in [1.54, 1.807) is 24.3 Å². The summed E-state index contributed by atoms with van der Waals surface area (Å²) < 4.78 is 26.5. The number of rotatable bonds is 8. The van der Waals surface area contributed by atoms with Crippen molar-refractivity contribution in [2.24, 2.45) is 10.9 Å². The normalized spacial score (nSPS) is 24.6. The molecule has 1 aromatic carbocycles. The van der Waals surface area contributed by atoms with Gasteiger partial charge in [0.2, 0.25) is 5.91 Å². The lowest BCUT2D eigenvalue weighted by Gasteiger charge is -2.10. The van der Waals surface area contributed by atoms with Gasteiger partial charge in [-0.1, -0.05) is 18.6 Å². The Morgan fingerprint density at radius 3 is 2.81 bits per heavy atom. The van der Waals surface area contributed by atoms with Crippen LogP contribution in [0.3, 0.4) is 0 Å². The van der Waals surface area contributed by atoms with Crippen molar-refractivity contribution in [2.75, 3.05) is 13.1 Å². The monoisotopic (exact) mass is 393 g/mol. The Labute approximate surface area is 160 Å². The number of carbonyl (C=O) groups is 1. The molecule has 3 rings (SSSR count). The van der Waals surface area contributed by atoms with Crippen LogP contribution in [0.15, 0.2) is 34.2 Å². The number of aliphatic hydroxyl groups is 1. The van der Waals surface area contributed by atoms with Crippen molar-refractivity contribution < 1.29 is 18.3 Å². The van der Waals surface area contributed by atoms with Crippen molar-refractivity contribution in [2.45, 2.75) is 55.9 Å². The zero-order valence-electron chi connectivity index (χ0n) is 15.4. The topological polar surface area (TPSA) is 108 Å². The number of hydrogen-bond acceptors (Lipinski definition) is 5. The van der Waals surface area contributed by atoms with Crippen LogP contribution in [-0.2, 0) is 14.8 Å². The Balaban J connectivity index is 1.33. The second kappa shape index (κ2) is 8.84. The van der Waals surface area contributed by atoms with E-state index in [9.17, 15) is 18.3 Å². The number of nitrogens with one attached hydrogen (secondary N) is 2. The van der Waals surface area contributed by atoms with E-state index in [-0.39, 0.29) is 16.9 Å². The molecule has 1 saturated carbocycles. The predicted octanol–water partition coefficient (Wildman–Crippen LogP) is 1.56. The highest BCUT2D eigenvalue weighted by molar-refractivity contribution is 7.90. The van der Waals surface area contributed by atoms with Crippen LogP contribution in [0.1, 0.15) is 50.5 Å². The maximum absolute atomic E-state index is 12.0. The third-order valence-corrected chi connectivity index (χ3v) is 6.49. The summed E-state index contributed by atoms with van der Waals surface area (Å²) in [4.78, 5) is 16.5. The molecule has 148 valence electrons. The molecule has 0 radical (unpaired) electrons. The van der Waals surface area contributed by atoms with Gasteiger partial charge in [-0.2, -0.15) is 0 Å². The second-order valence-corrected chi connectivity index (χ2v) is 8.93. The average molecular weight is 394 g/mol. The van der Waals surface area contributed by atoms with E-state index in [0.29, 0.717) is 36.8 Å². The minimum atomic E-state index is -3.48. The summed E-state index contributed by atoms with van der Waals surface area (Å²) in [7, 11) is -3.48. The molecule has 1 aliphatic heterocycles. The van der Waals surface area contributed by atoms with Gasteiger partial charge < -0.3 is 10.4 Å². The first-order valence-electron chi connectivity index (χ1n) is 9.57. The van der Waals surface area contributed by atoms with Gasteiger partial charge in [0, 0.05) is 25.1 Å². The van der Waals surface area contributed by atoms with Crippen molar-refractivity contribution in [1.82, 2.24) is 10.0 Å². The summed E-state index contributed by atoms with van der Waals surface area (Å²) in [5.41, 5.74) is 0.619. The van der Waals surface area contributed by atoms with E-state index >= 15 is 0 Å². The van der Waals surface area contributed by atoms with E-state index in [1.807, 2.05) is 0 Å². The van der Waals surface area contributed by atoms with Crippen molar-refractivity contribution >= 4 is 21.8 Å². The smallest absolute Gasteiger partial charge is 0.263 e. The highest BCUT2D eigenvalue weighted by atomic mass is 32.2. The molecule has 3 N–H and O–H groups in total. The molecule has 0 unspecified atom stereocenters. The number of nitrogens with zero attached hydrogens (tertiary/aromatic N) is 1. The number of amidine groups is 1. The number of unbranched alkanes of at least 4 members (excludes halogenated alkanes) is 2. The molecule has 8 heteroatoms. The predicted molar refractivity (Wildman–Crippen MR) is 103 cm³/mol. The molecular formula is C19H27N3O4S. The SMILES string of the molecule is O=C(CCCCCN=C1NS(=O)(=O)c2ccccc21)NC[C@@H]1CC[C@H](O)C1. The van der Waals surface area contributed by atoms with Gasteiger partial charge in [-0.05, 0) is 50.2 Å². The molecule has 27 heavy (non-hydrogen) atoms. The molecule has 2 atom stereocenters. The second-order valence-electron chi connectivity index (χ2n) is 7.28. The highest BCUT2D eigenvalue weighted by Gasteiger charge is 2.29. The number of fused-ring (bicyclic) bond motifs is 1. The lowest BCUT2D eigenvalue weighted by Crippen LogP contribution is -2.28. The third kappa shape index (κ3) is 5.29. The van der Waals surface area contributed by atoms with Gasteiger partial charge in [-0.25, -0.2) is 8.42 Å². The van der Waals surface area contributed by atoms with Crippen LogP contribution in [-0.4, -0.2) is 44.5 Å². The lowest BCUT2D eigenvalue weighted by atomic mass is 10.1. The summed E-state index contributed by atoms with van der Waals surface area (Å²) in [5.74, 6) is 0.861. The first-order chi connectivity index (χ1) is 13.0. The zero-order valence-corrected chi connectivity index (χ0v) is 16.2. The molecule has 1 aliphatic carbocycles. The van der Waals surface area contributed by atoms with Crippen molar-refractivity contribution in [3.63, 3.8) is 0 Å². The van der Waals surface area contributed by atoms with E-state index in [0.717, 1.165) is 38.5 Å². The van der Waals surface area contributed by atoms with Gasteiger partial charge in [-0.3, -0.25) is 14.5 Å². The fraction of sp³-hybridized carbons (Fsp3) is 0.579. The van der Waals surface area contributed by atoms with Crippen LogP contribution in [0.25, 0.3) is 0 Å². The number of aliphatic hydroxyl groups excluding tert-OH is 1. The molecule has 0 spiro atoms. The highest BCUT2D eigenvalue weighted by Crippen LogP contribution is 2.24. The van der Waals surface area contributed by atoms with Gasteiger partial charge in [-0.15, -0.1) is 0 Å². The van der Waals surface area contributed by atoms with Gasteiger partial charge in [0.05, 0.1) is 11.0 Å². The van der Waals surface area contributed by atoms with E-state index in [2.05, 4.69) is 15.0 Å². The van der Waals surface area contributed by atoms with Crippen molar-refractivity contribution in [3.05, 3.63) is 29.8 Å². The van der Waals surface area contributed by atoms with Gasteiger partial charge in [0.1, 0.15) is 5.84 Å². The molecule has 7 nitrogen and oxygen atoms in total. The van der Waals surface area contributed by atoms with Crippen molar-refractivity contribution in [3.8, 4) is 0 Å². The lowest BCUT2D eigenvalue weighted by molar-refractivity contribution is -0.121. The Bertz CT molecular complexity index is 807. The molecule has 1 heterocycles. The Kier molecular flexibility index (Phi) is 6.49. The van der Waals surface area contributed by atoms with Crippen LogP contribution in [0.4, 0.5) is 0 Å². The van der Waals surface area contributed by atoms with E-state index in [1.165, 1.54) is 0 Å². The van der Waals surface area contributed by atoms with Gasteiger partial charge in [0.25, 0.3) is 10.0 Å². The number of carbonyl (C=O) groups excluding carboxylic acids is 1. The molecule has 1 fully saturated rings. The maximum atomic E-state index is 12.0. The summed E-state index contributed by atoms with van der Waals surface area (Å²) in [6.45, 7) is 1.18. The summed E-state index contributed by atoms with van der Waals surface area (Å²) in [6, 6.07) is 6.81. The largest absolute Gasteiger partial charge is 0.393 e. The average Bonchev–Trinajstić information content (AvgIpc) is 3.17. The fourth-order valence-corrected chi connectivity index (χ4v) is 4.85. The summed E-state index contributed by atoms with van der Waals surface area (Å²) >= 11 is 0. The first-order valence-corrected chi connectivity index (χ1v) is 11.1. The Morgan fingerprint density at radius 2 is 2.04 bits per heavy atom. The molecule has 1 aromatic rings. The number of benzene rings is 1. The summed E-state index contributed by atoms with van der Waals surface area (Å²) in [6.07, 6.45) is 5.33. The summed E-state index contributed by atoms with van der Waals surface area (Å²) in [5, 5.41) is 12.4. The third-order valence-electron chi connectivity index (χ3n) is 5.10. The molecular weight excluding hydrogens is 366 g/mol. The minimum Gasteiger partial charge on any atom is -0.393 e. The Morgan fingerprint density at radius 1 is 1.22 bits per heavy atom. The number of amides is 1.